The van der Waals surface area contributed by atoms with Crippen LogP contribution in [0.2, 0.25) is 0 Å². The van der Waals surface area contributed by atoms with Crippen LogP contribution in [0.15, 0.2) is 41.3 Å². The molecule has 1 aliphatic heterocycles. The lowest BCUT2D eigenvalue weighted by Gasteiger charge is -2.20. The van der Waals surface area contributed by atoms with Gasteiger partial charge in [-0.2, -0.15) is 0 Å². The van der Waals surface area contributed by atoms with Crippen LogP contribution in [0.4, 0.5) is 20.2 Å². The van der Waals surface area contributed by atoms with Crippen LogP contribution >= 0.6 is 0 Å². The summed E-state index contributed by atoms with van der Waals surface area (Å²) < 4.78 is 53.2. The Bertz CT molecular complexity index is 822. The first-order valence-corrected chi connectivity index (χ1v) is 7.70. The summed E-state index contributed by atoms with van der Waals surface area (Å²) in [6, 6.07) is 7.61. The maximum Gasteiger partial charge on any atom is 0.266 e. The van der Waals surface area contributed by atoms with E-state index in [1.807, 2.05) is 0 Å². The number of para-hydroxylation sites is 1. The Kier molecular flexibility index (Phi) is 3.09. The lowest BCUT2D eigenvalue weighted by atomic mass is 10.2. The fourth-order valence-corrected chi connectivity index (χ4v) is 4.06. The zero-order valence-corrected chi connectivity index (χ0v) is 11.7. The zero-order chi connectivity index (χ0) is 15.2. The molecule has 0 fully saturated rings. The molecular weight excluding hydrogens is 298 g/mol. The van der Waals surface area contributed by atoms with Crippen LogP contribution in [0.25, 0.3) is 0 Å². The van der Waals surface area contributed by atoms with E-state index in [0.717, 1.165) is 22.0 Å². The van der Waals surface area contributed by atoms with Crippen LogP contribution in [0.1, 0.15) is 5.56 Å². The third-order valence-electron chi connectivity index (χ3n) is 3.48. The van der Waals surface area contributed by atoms with Gasteiger partial charge in [0.15, 0.2) is 0 Å². The van der Waals surface area contributed by atoms with Gasteiger partial charge in [-0.3, -0.25) is 4.31 Å². The summed E-state index contributed by atoms with van der Waals surface area (Å²) in [7, 11) is -4.02. The maximum absolute atomic E-state index is 13.5. The molecule has 3 rings (SSSR count). The van der Waals surface area contributed by atoms with E-state index < -0.39 is 27.3 Å². The first-order chi connectivity index (χ1) is 9.91. The Morgan fingerprint density at radius 1 is 1.14 bits per heavy atom. The first kappa shape index (κ1) is 13.8. The quantitative estimate of drug-likeness (QED) is 0.866. The van der Waals surface area contributed by atoms with Crippen LogP contribution in [-0.4, -0.2) is 15.0 Å². The van der Waals surface area contributed by atoms with Crippen molar-refractivity contribution in [2.75, 3.05) is 16.6 Å². The molecule has 0 unspecified atom stereocenters. The number of anilines is 2. The molecule has 2 aromatic carbocycles. The van der Waals surface area contributed by atoms with Gasteiger partial charge in [0.1, 0.15) is 16.5 Å². The number of nitrogens with zero attached hydrogens (tertiary/aromatic N) is 1. The van der Waals surface area contributed by atoms with Gasteiger partial charge in [0.25, 0.3) is 10.0 Å². The van der Waals surface area contributed by atoms with Crippen LogP contribution in [-0.2, 0) is 16.4 Å². The Morgan fingerprint density at radius 3 is 2.67 bits per heavy atom. The van der Waals surface area contributed by atoms with Crippen LogP contribution in [0.3, 0.4) is 0 Å². The molecular formula is C14H12F2N2O2S. The van der Waals surface area contributed by atoms with Crippen LogP contribution in [0.5, 0.6) is 0 Å². The van der Waals surface area contributed by atoms with E-state index in [2.05, 4.69) is 0 Å². The number of fused-ring (bicyclic) bond motifs is 1. The smallest absolute Gasteiger partial charge is 0.266 e. The van der Waals surface area contributed by atoms with E-state index in [1.54, 1.807) is 6.07 Å². The van der Waals surface area contributed by atoms with Gasteiger partial charge in [0, 0.05) is 6.54 Å². The van der Waals surface area contributed by atoms with Gasteiger partial charge in [-0.15, -0.1) is 0 Å². The van der Waals surface area contributed by atoms with Crippen molar-refractivity contribution in [2.45, 2.75) is 11.3 Å². The van der Waals surface area contributed by atoms with Gasteiger partial charge < -0.3 is 5.73 Å². The van der Waals surface area contributed by atoms with E-state index in [0.29, 0.717) is 6.42 Å². The number of rotatable bonds is 2. The third-order valence-corrected chi connectivity index (χ3v) is 5.35. The highest BCUT2D eigenvalue weighted by molar-refractivity contribution is 7.93. The van der Waals surface area contributed by atoms with E-state index >= 15 is 0 Å². The molecule has 2 aromatic rings. The summed E-state index contributed by atoms with van der Waals surface area (Å²) in [5, 5.41) is 0. The summed E-state index contributed by atoms with van der Waals surface area (Å²) in [6.45, 7) is 0.178. The first-order valence-electron chi connectivity index (χ1n) is 6.26. The highest BCUT2D eigenvalue weighted by Crippen LogP contribution is 2.35. The molecule has 110 valence electrons. The summed E-state index contributed by atoms with van der Waals surface area (Å²) in [5.74, 6) is -1.32. The Balaban J connectivity index is 2.14. The van der Waals surface area contributed by atoms with Gasteiger partial charge in [-0.25, -0.2) is 17.2 Å². The van der Waals surface area contributed by atoms with Gasteiger partial charge in [-0.05, 0) is 36.2 Å². The second kappa shape index (κ2) is 4.70. The predicted octanol–water partition coefficient (Wildman–Crippen LogP) is 2.30. The average molecular weight is 310 g/mol. The molecule has 0 amide bonds. The molecule has 7 heteroatoms. The van der Waals surface area contributed by atoms with Crippen molar-refractivity contribution in [3.8, 4) is 0 Å². The Labute approximate surface area is 120 Å². The van der Waals surface area contributed by atoms with E-state index in [-0.39, 0.29) is 17.1 Å². The topological polar surface area (TPSA) is 63.4 Å². The van der Waals surface area contributed by atoms with Crippen LogP contribution in [0, 0.1) is 11.6 Å². The Hall–Kier alpha value is -2.15. The summed E-state index contributed by atoms with van der Waals surface area (Å²) in [6.07, 6.45) is 0.476. The lowest BCUT2D eigenvalue weighted by Crippen LogP contribution is -2.30. The average Bonchev–Trinajstić information content (AvgIpc) is 2.85. The second-order valence-electron chi connectivity index (χ2n) is 4.75. The number of sulfonamides is 1. The van der Waals surface area contributed by atoms with E-state index in [1.165, 1.54) is 18.2 Å². The standard InChI is InChI=1S/C14H12F2N2O2S/c15-10-5-4-9-6-7-18(12(9)8-10)21(19,20)13-3-1-2-11(16)14(13)17/h1-5,8H,6-7,17H2. The van der Waals surface area contributed by atoms with Crippen molar-refractivity contribution in [1.82, 2.24) is 0 Å². The summed E-state index contributed by atoms with van der Waals surface area (Å²) in [5.41, 5.74) is 6.11. The molecule has 4 nitrogen and oxygen atoms in total. The number of benzene rings is 2. The second-order valence-corrected chi connectivity index (χ2v) is 6.58. The van der Waals surface area contributed by atoms with Crippen molar-refractivity contribution in [3.63, 3.8) is 0 Å². The molecule has 21 heavy (non-hydrogen) atoms. The minimum Gasteiger partial charge on any atom is -0.395 e. The number of hydrogen-bond donors (Lipinski definition) is 1. The summed E-state index contributed by atoms with van der Waals surface area (Å²) >= 11 is 0. The number of halogens is 2. The normalized spacial score (nSPS) is 14.3. The van der Waals surface area contributed by atoms with E-state index in [4.69, 9.17) is 5.73 Å². The number of nitrogens with two attached hydrogens (primary N) is 1. The van der Waals surface area contributed by atoms with Crippen molar-refractivity contribution in [3.05, 3.63) is 53.6 Å². The summed E-state index contributed by atoms with van der Waals surface area (Å²) in [4.78, 5) is -0.306. The largest absolute Gasteiger partial charge is 0.395 e. The molecule has 0 atom stereocenters. The molecule has 0 spiro atoms. The fourth-order valence-electron chi connectivity index (χ4n) is 2.43. The number of hydrogen-bond acceptors (Lipinski definition) is 3. The van der Waals surface area contributed by atoms with Gasteiger partial charge in [-0.1, -0.05) is 12.1 Å². The predicted molar refractivity (Wildman–Crippen MR) is 75.4 cm³/mol. The molecule has 0 saturated heterocycles. The van der Waals surface area contributed by atoms with Crippen molar-refractivity contribution in [2.24, 2.45) is 0 Å². The van der Waals surface area contributed by atoms with Crippen LogP contribution < -0.4 is 10.0 Å². The van der Waals surface area contributed by atoms with Crippen molar-refractivity contribution in [1.29, 1.82) is 0 Å². The maximum atomic E-state index is 13.5. The van der Waals surface area contributed by atoms with Gasteiger partial charge in [0.05, 0.1) is 11.4 Å². The van der Waals surface area contributed by atoms with Crippen molar-refractivity contribution >= 4 is 21.4 Å². The highest BCUT2D eigenvalue weighted by atomic mass is 32.2. The zero-order valence-electron chi connectivity index (χ0n) is 10.9. The molecule has 0 aromatic heterocycles. The lowest BCUT2D eigenvalue weighted by molar-refractivity contribution is 0.589. The molecule has 0 radical (unpaired) electrons. The molecule has 1 aliphatic rings. The molecule has 0 saturated carbocycles. The molecule has 0 bridgehead atoms. The SMILES string of the molecule is Nc1c(F)cccc1S(=O)(=O)N1CCc2ccc(F)cc21. The molecule has 0 aliphatic carbocycles. The van der Waals surface area contributed by atoms with Gasteiger partial charge >= 0.3 is 0 Å². The van der Waals surface area contributed by atoms with Gasteiger partial charge in [0.2, 0.25) is 0 Å². The third kappa shape index (κ3) is 2.13. The minimum atomic E-state index is -4.02. The number of nitrogen functional groups attached to an aromatic ring is 1. The molecule has 2 N–H and O–H groups in total. The fraction of sp³-hybridized carbons (Fsp3) is 0.143. The monoisotopic (exact) mass is 310 g/mol. The Morgan fingerprint density at radius 2 is 1.90 bits per heavy atom. The highest BCUT2D eigenvalue weighted by Gasteiger charge is 2.33. The molecule has 1 heterocycles. The minimum absolute atomic E-state index is 0.178. The van der Waals surface area contributed by atoms with E-state index in [9.17, 15) is 17.2 Å². The van der Waals surface area contributed by atoms with Crippen molar-refractivity contribution < 1.29 is 17.2 Å².